The zero-order valence-corrected chi connectivity index (χ0v) is 15.3. The van der Waals surface area contributed by atoms with E-state index in [-0.39, 0.29) is 5.75 Å². The van der Waals surface area contributed by atoms with Crippen molar-refractivity contribution < 1.29 is 22.6 Å². The van der Waals surface area contributed by atoms with E-state index < -0.39 is 6.36 Å². The predicted octanol–water partition coefficient (Wildman–Crippen LogP) is 6.29. The molecule has 3 aromatic rings. The molecule has 1 heterocycles. The molecular formula is C21H19F3NO2. The highest BCUT2D eigenvalue weighted by Gasteiger charge is 2.31. The minimum Gasteiger partial charge on any atom is -0.457 e. The molecule has 2 aromatic carbocycles. The second kappa shape index (κ2) is 7.10. The van der Waals surface area contributed by atoms with Gasteiger partial charge in [-0.2, -0.15) is 0 Å². The minimum absolute atomic E-state index is 0.294. The Morgan fingerprint density at radius 2 is 1.67 bits per heavy atom. The fourth-order valence-corrected chi connectivity index (χ4v) is 2.90. The van der Waals surface area contributed by atoms with E-state index in [0.29, 0.717) is 11.5 Å². The molecule has 0 amide bonds. The zero-order valence-electron chi connectivity index (χ0n) is 15.3. The minimum atomic E-state index is -4.72. The van der Waals surface area contributed by atoms with Crippen molar-refractivity contribution in [1.82, 2.24) is 4.98 Å². The molecule has 0 spiro atoms. The molecule has 0 N–H and O–H groups in total. The Balaban J connectivity index is 1.93. The van der Waals surface area contributed by atoms with Crippen molar-refractivity contribution in [3.63, 3.8) is 0 Å². The van der Waals surface area contributed by atoms with Crippen LogP contribution in [0, 0.1) is 20.8 Å². The van der Waals surface area contributed by atoms with E-state index in [1.54, 1.807) is 0 Å². The number of pyridine rings is 1. The molecule has 3 rings (SSSR count). The van der Waals surface area contributed by atoms with E-state index in [1.165, 1.54) is 24.3 Å². The van der Waals surface area contributed by atoms with Gasteiger partial charge in [0, 0.05) is 11.1 Å². The molecule has 0 saturated heterocycles. The molecule has 0 bridgehead atoms. The summed E-state index contributed by atoms with van der Waals surface area (Å²) in [5.74, 6) is 0.715. The van der Waals surface area contributed by atoms with Crippen molar-refractivity contribution in [2.45, 2.75) is 33.6 Å². The topological polar surface area (TPSA) is 31.4 Å². The number of fused-ring (bicyclic) bond motifs is 1. The summed E-state index contributed by atoms with van der Waals surface area (Å²) in [6.07, 6.45) is -3.89. The molecule has 1 radical (unpaired) electrons. The van der Waals surface area contributed by atoms with Crippen molar-refractivity contribution in [3.8, 4) is 17.2 Å². The summed E-state index contributed by atoms with van der Waals surface area (Å²) < 4.78 is 46.5. The van der Waals surface area contributed by atoms with Gasteiger partial charge in [-0.3, -0.25) is 4.98 Å². The van der Waals surface area contributed by atoms with Gasteiger partial charge < -0.3 is 9.47 Å². The lowest BCUT2D eigenvalue weighted by Crippen LogP contribution is -2.16. The third-order valence-corrected chi connectivity index (χ3v) is 4.38. The fraction of sp³-hybridized carbons (Fsp3) is 0.238. The fourth-order valence-electron chi connectivity index (χ4n) is 2.90. The van der Waals surface area contributed by atoms with E-state index >= 15 is 0 Å². The lowest BCUT2D eigenvalue weighted by molar-refractivity contribution is -0.274. The van der Waals surface area contributed by atoms with Crippen LogP contribution in [0.4, 0.5) is 13.2 Å². The lowest BCUT2D eigenvalue weighted by atomic mass is 10.00. The average molecular weight is 374 g/mol. The van der Waals surface area contributed by atoms with Crippen LogP contribution in [-0.2, 0) is 6.42 Å². The van der Waals surface area contributed by atoms with E-state index in [0.717, 1.165) is 39.7 Å². The normalized spacial score (nSPS) is 11.7. The van der Waals surface area contributed by atoms with Gasteiger partial charge >= 0.3 is 6.36 Å². The molecule has 0 aliphatic rings. The number of halogens is 3. The maximum atomic E-state index is 12.2. The number of aryl methyl sites for hydroxylation is 2. The zero-order chi connectivity index (χ0) is 19.8. The highest BCUT2D eigenvalue weighted by Crippen LogP contribution is 2.33. The van der Waals surface area contributed by atoms with Crippen molar-refractivity contribution >= 4 is 10.9 Å². The molecule has 1 aromatic heterocycles. The number of benzene rings is 2. The Morgan fingerprint density at radius 1 is 1.04 bits per heavy atom. The van der Waals surface area contributed by atoms with Gasteiger partial charge in [-0.15, -0.1) is 13.2 Å². The molecule has 0 fully saturated rings. The van der Waals surface area contributed by atoms with Crippen molar-refractivity contribution in [2.24, 2.45) is 0 Å². The molecule has 3 nitrogen and oxygen atoms in total. The summed E-state index contributed by atoms with van der Waals surface area (Å²) in [7, 11) is 0. The second-order valence-corrected chi connectivity index (χ2v) is 6.27. The first kappa shape index (κ1) is 19.0. The Labute approximate surface area is 155 Å². The van der Waals surface area contributed by atoms with Crippen molar-refractivity contribution in [3.05, 3.63) is 65.7 Å². The molecule has 6 heteroatoms. The Bertz CT molecular complexity index is 980. The van der Waals surface area contributed by atoms with Crippen LogP contribution in [0.1, 0.15) is 29.3 Å². The number of hydrogen-bond acceptors (Lipinski definition) is 3. The smallest absolute Gasteiger partial charge is 0.457 e. The van der Waals surface area contributed by atoms with Crippen LogP contribution in [0.5, 0.6) is 17.2 Å². The maximum absolute atomic E-state index is 12.2. The van der Waals surface area contributed by atoms with Crippen LogP contribution in [-0.4, -0.2) is 11.3 Å². The van der Waals surface area contributed by atoms with Crippen LogP contribution in [0.2, 0.25) is 0 Å². The third kappa shape index (κ3) is 4.15. The predicted molar refractivity (Wildman–Crippen MR) is 98.3 cm³/mol. The van der Waals surface area contributed by atoms with Gasteiger partial charge in [0.2, 0.25) is 0 Å². The first-order valence-corrected chi connectivity index (χ1v) is 8.47. The van der Waals surface area contributed by atoms with Gasteiger partial charge in [0.05, 0.1) is 5.52 Å². The summed E-state index contributed by atoms with van der Waals surface area (Å²) >= 11 is 0. The van der Waals surface area contributed by atoms with Gasteiger partial charge in [0.15, 0.2) is 0 Å². The van der Waals surface area contributed by atoms with Gasteiger partial charge in [-0.25, -0.2) is 0 Å². The lowest BCUT2D eigenvalue weighted by Gasteiger charge is -2.15. The molecule has 27 heavy (non-hydrogen) atoms. The van der Waals surface area contributed by atoms with Crippen LogP contribution in [0.15, 0.2) is 36.4 Å². The third-order valence-electron chi connectivity index (χ3n) is 4.38. The summed E-state index contributed by atoms with van der Waals surface area (Å²) in [4.78, 5) is 4.69. The number of nitrogens with zero attached hydrogens (tertiary/aromatic N) is 1. The number of hydrogen-bond donors (Lipinski definition) is 0. The van der Waals surface area contributed by atoms with E-state index in [9.17, 15) is 13.2 Å². The standard InChI is InChI=1S/C21H19F3NO2/c1-5-18-14(4)13(3)17-11-20(12(2)10-19(17)25-18)26-15-6-8-16(9-7-15)27-21(22,23)24/h6-11H,3,5H2,1-2,4H3. The molecule has 141 valence electrons. The summed E-state index contributed by atoms with van der Waals surface area (Å²) in [6.45, 7) is 10.1. The number of ether oxygens (including phenoxy) is 2. The quantitative estimate of drug-likeness (QED) is 0.538. The van der Waals surface area contributed by atoms with E-state index in [1.807, 2.05) is 26.0 Å². The van der Waals surface area contributed by atoms with Crippen molar-refractivity contribution in [2.75, 3.05) is 0 Å². The molecular weight excluding hydrogens is 355 g/mol. The highest BCUT2D eigenvalue weighted by molar-refractivity contribution is 5.86. The van der Waals surface area contributed by atoms with E-state index in [2.05, 4.69) is 18.6 Å². The average Bonchev–Trinajstić information content (AvgIpc) is 2.60. The monoisotopic (exact) mass is 374 g/mol. The summed E-state index contributed by atoms with van der Waals surface area (Å²) in [5, 5.41) is 0.891. The summed E-state index contributed by atoms with van der Waals surface area (Å²) in [6, 6.07) is 9.08. The Hall–Kier alpha value is -2.76. The molecule has 0 unspecified atom stereocenters. The Kier molecular flexibility index (Phi) is 5.00. The van der Waals surface area contributed by atoms with Gasteiger partial charge in [0.1, 0.15) is 17.2 Å². The first-order valence-electron chi connectivity index (χ1n) is 8.47. The second-order valence-electron chi connectivity index (χ2n) is 6.27. The molecule has 0 atom stereocenters. The van der Waals surface area contributed by atoms with E-state index in [4.69, 9.17) is 9.72 Å². The number of rotatable bonds is 4. The Morgan fingerprint density at radius 3 is 2.26 bits per heavy atom. The number of aromatic nitrogens is 1. The molecule has 0 aliphatic heterocycles. The largest absolute Gasteiger partial charge is 0.573 e. The highest BCUT2D eigenvalue weighted by atomic mass is 19.4. The van der Waals surface area contributed by atoms with Crippen LogP contribution in [0.25, 0.3) is 10.9 Å². The summed E-state index contributed by atoms with van der Waals surface area (Å²) in [5.41, 5.74) is 4.68. The number of alkyl halides is 3. The van der Waals surface area contributed by atoms with Crippen LogP contribution < -0.4 is 9.47 Å². The van der Waals surface area contributed by atoms with Crippen LogP contribution >= 0.6 is 0 Å². The first-order chi connectivity index (χ1) is 12.7. The van der Waals surface area contributed by atoms with Gasteiger partial charge in [0.25, 0.3) is 0 Å². The van der Waals surface area contributed by atoms with Crippen LogP contribution in [0.3, 0.4) is 0 Å². The van der Waals surface area contributed by atoms with Gasteiger partial charge in [-0.05, 0) is 80.3 Å². The van der Waals surface area contributed by atoms with Crippen molar-refractivity contribution in [1.29, 1.82) is 0 Å². The molecule has 0 aliphatic carbocycles. The molecule has 0 saturated carbocycles. The maximum Gasteiger partial charge on any atom is 0.573 e. The van der Waals surface area contributed by atoms with Gasteiger partial charge in [-0.1, -0.05) is 6.92 Å². The SMILES string of the molecule is [CH2]c1c(C)c(CC)nc2cc(C)c(Oc3ccc(OC(F)(F)F)cc3)cc12.